The van der Waals surface area contributed by atoms with E-state index in [0.717, 1.165) is 10.9 Å². The average molecular weight is 294 g/mol. The van der Waals surface area contributed by atoms with Crippen LogP contribution in [0, 0.1) is 0 Å². The van der Waals surface area contributed by atoms with Gasteiger partial charge in [-0.15, -0.1) is 5.10 Å². The van der Waals surface area contributed by atoms with Crippen molar-refractivity contribution >= 4 is 21.7 Å². The number of ketones is 1. The molecule has 0 saturated heterocycles. The van der Waals surface area contributed by atoms with Gasteiger partial charge in [0.2, 0.25) is 5.78 Å². The molecule has 0 aliphatic heterocycles. The molecule has 4 nitrogen and oxygen atoms in total. The van der Waals surface area contributed by atoms with Gasteiger partial charge in [-0.2, -0.15) is 0 Å². The van der Waals surface area contributed by atoms with Crippen LogP contribution in [0.15, 0.2) is 34.9 Å². The molecule has 0 radical (unpaired) electrons. The highest BCUT2D eigenvalue weighted by Crippen LogP contribution is 2.14. The van der Waals surface area contributed by atoms with Gasteiger partial charge < -0.3 is 0 Å². The molecule has 0 N–H and O–H groups in total. The van der Waals surface area contributed by atoms with Crippen molar-refractivity contribution in [2.45, 2.75) is 19.9 Å². The Morgan fingerprint density at radius 2 is 2.06 bits per heavy atom. The van der Waals surface area contributed by atoms with Crippen LogP contribution in [-0.4, -0.2) is 20.8 Å². The Kier molecular flexibility index (Phi) is 3.68. The summed E-state index contributed by atoms with van der Waals surface area (Å²) in [5.74, 6) is -0.0454. The van der Waals surface area contributed by atoms with E-state index in [9.17, 15) is 4.79 Å². The third kappa shape index (κ3) is 2.61. The van der Waals surface area contributed by atoms with Gasteiger partial charge in [0.05, 0.1) is 6.20 Å². The average Bonchev–Trinajstić information content (AvgIpc) is 2.78. The summed E-state index contributed by atoms with van der Waals surface area (Å²) in [5, 5.41) is 7.69. The molecule has 0 aliphatic rings. The standard InChI is InChI=1S/C12H12BrN3O/c1-2-7-16-11(8-14-15-16)12(17)9-3-5-10(13)6-4-9/h3-6,8H,2,7H2,1H3. The Bertz CT molecular complexity index is 519. The molecule has 1 aromatic heterocycles. The van der Waals surface area contributed by atoms with Gasteiger partial charge >= 0.3 is 0 Å². The Balaban J connectivity index is 2.30. The monoisotopic (exact) mass is 293 g/mol. The lowest BCUT2D eigenvalue weighted by Gasteiger charge is -2.03. The molecule has 0 unspecified atom stereocenters. The molecule has 0 spiro atoms. The third-order valence-electron chi connectivity index (χ3n) is 2.39. The minimum absolute atomic E-state index is 0.0454. The molecule has 0 atom stereocenters. The molecule has 0 aliphatic carbocycles. The first-order valence-corrected chi connectivity index (χ1v) is 6.20. The summed E-state index contributed by atoms with van der Waals surface area (Å²) < 4.78 is 2.60. The van der Waals surface area contributed by atoms with E-state index in [-0.39, 0.29) is 5.78 Å². The number of hydrogen-bond acceptors (Lipinski definition) is 3. The zero-order valence-electron chi connectivity index (χ0n) is 9.43. The van der Waals surface area contributed by atoms with Gasteiger partial charge in [0.25, 0.3) is 0 Å². The number of benzene rings is 1. The molecule has 0 fully saturated rings. The molecule has 2 rings (SSSR count). The largest absolute Gasteiger partial charge is 0.287 e. The molecule has 2 aromatic rings. The highest BCUT2D eigenvalue weighted by atomic mass is 79.9. The van der Waals surface area contributed by atoms with Gasteiger partial charge in [-0.25, -0.2) is 4.68 Å². The van der Waals surface area contributed by atoms with E-state index in [1.165, 1.54) is 6.20 Å². The summed E-state index contributed by atoms with van der Waals surface area (Å²) in [5.41, 5.74) is 1.18. The molecule has 17 heavy (non-hydrogen) atoms. The van der Waals surface area contributed by atoms with Crippen LogP contribution in [0.3, 0.4) is 0 Å². The SMILES string of the molecule is CCCn1nncc1C(=O)c1ccc(Br)cc1. The molecule has 5 heteroatoms. The van der Waals surface area contributed by atoms with Crippen molar-refractivity contribution in [3.8, 4) is 0 Å². The number of carbonyl (C=O) groups is 1. The van der Waals surface area contributed by atoms with Crippen molar-refractivity contribution in [3.05, 3.63) is 46.2 Å². The number of rotatable bonds is 4. The number of nitrogens with zero attached hydrogens (tertiary/aromatic N) is 3. The summed E-state index contributed by atoms with van der Waals surface area (Å²) in [6.07, 6.45) is 2.43. The molecule has 1 aromatic carbocycles. The van der Waals surface area contributed by atoms with Crippen LogP contribution in [0.25, 0.3) is 0 Å². The first-order chi connectivity index (χ1) is 8.22. The summed E-state index contributed by atoms with van der Waals surface area (Å²) in [7, 11) is 0. The summed E-state index contributed by atoms with van der Waals surface area (Å²) in [4.78, 5) is 12.2. The first-order valence-electron chi connectivity index (χ1n) is 5.41. The maximum absolute atomic E-state index is 12.2. The van der Waals surface area contributed by atoms with E-state index in [2.05, 4.69) is 26.2 Å². The van der Waals surface area contributed by atoms with Crippen molar-refractivity contribution in [1.82, 2.24) is 15.0 Å². The van der Waals surface area contributed by atoms with Crippen LogP contribution in [0.2, 0.25) is 0 Å². The number of aromatic nitrogens is 3. The topological polar surface area (TPSA) is 47.8 Å². The minimum atomic E-state index is -0.0454. The van der Waals surface area contributed by atoms with Crippen LogP contribution in [-0.2, 0) is 6.54 Å². The van der Waals surface area contributed by atoms with Gasteiger partial charge in [0.15, 0.2) is 0 Å². The summed E-state index contributed by atoms with van der Waals surface area (Å²) >= 11 is 3.34. The number of carbonyl (C=O) groups excluding carboxylic acids is 1. The lowest BCUT2D eigenvalue weighted by Crippen LogP contribution is -2.11. The second kappa shape index (κ2) is 5.23. The van der Waals surface area contributed by atoms with Gasteiger partial charge in [-0.05, 0) is 30.7 Å². The minimum Gasteiger partial charge on any atom is -0.287 e. The number of hydrogen-bond donors (Lipinski definition) is 0. The Morgan fingerprint density at radius 3 is 2.71 bits per heavy atom. The van der Waals surface area contributed by atoms with Crippen molar-refractivity contribution in [3.63, 3.8) is 0 Å². The highest BCUT2D eigenvalue weighted by Gasteiger charge is 2.14. The predicted octanol–water partition coefficient (Wildman–Crippen LogP) is 2.68. The Hall–Kier alpha value is -1.49. The van der Waals surface area contributed by atoms with Gasteiger partial charge in [0.1, 0.15) is 5.69 Å². The molecular formula is C12H12BrN3O. The highest BCUT2D eigenvalue weighted by molar-refractivity contribution is 9.10. The first kappa shape index (κ1) is 12.0. The van der Waals surface area contributed by atoms with E-state index in [1.54, 1.807) is 16.8 Å². The van der Waals surface area contributed by atoms with Gasteiger partial charge in [-0.1, -0.05) is 28.1 Å². The molecule has 88 valence electrons. The van der Waals surface area contributed by atoms with E-state index < -0.39 is 0 Å². The van der Waals surface area contributed by atoms with Crippen LogP contribution in [0.4, 0.5) is 0 Å². The summed E-state index contributed by atoms with van der Waals surface area (Å²) in [6.45, 7) is 2.74. The van der Waals surface area contributed by atoms with Crippen LogP contribution in [0.5, 0.6) is 0 Å². The fourth-order valence-electron chi connectivity index (χ4n) is 1.56. The molecule has 0 amide bonds. The van der Waals surface area contributed by atoms with Crippen molar-refractivity contribution in [1.29, 1.82) is 0 Å². The fourth-order valence-corrected chi connectivity index (χ4v) is 1.82. The zero-order valence-corrected chi connectivity index (χ0v) is 11.0. The quantitative estimate of drug-likeness (QED) is 0.815. The number of aryl methyl sites for hydroxylation is 1. The predicted molar refractivity (Wildman–Crippen MR) is 67.9 cm³/mol. The zero-order chi connectivity index (χ0) is 12.3. The smallest absolute Gasteiger partial charge is 0.212 e. The van der Waals surface area contributed by atoms with Crippen molar-refractivity contribution in [2.24, 2.45) is 0 Å². The fraction of sp³-hybridized carbons (Fsp3) is 0.250. The Labute approximate surface area is 108 Å². The van der Waals surface area contributed by atoms with Gasteiger partial charge in [0, 0.05) is 16.6 Å². The molecular weight excluding hydrogens is 282 g/mol. The molecule has 1 heterocycles. The van der Waals surface area contributed by atoms with Gasteiger partial charge in [-0.3, -0.25) is 4.79 Å². The molecule has 0 bridgehead atoms. The Morgan fingerprint density at radius 1 is 1.35 bits per heavy atom. The van der Waals surface area contributed by atoms with E-state index in [0.29, 0.717) is 17.8 Å². The second-order valence-corrected chi connectivity index (χ2v) is 4.59. The lowest BCUT2D eigenvalue weighted by molar-refractivity contribution is 0.102. The van der Waals surface area contributed by atoms with E-state index in [4.69, 9.17) is 0 Å². The third-order valence-corrected chi connectivity index (χ3v) is 2.92. The maximum atomic E-state index is 12.2. The van der Waals surface area contributed by atoms with Crippen molar-refractivity contribution < 1.29 is 4.79 Å². The van der Waals surface area contributed by atoms with Crippen LogP contribution < -0.4 is 0 Å². The van der Waals surface area contributed by atoms with E-state index >= 15 is 0 Å². The lowest BCUT2D eigenvalue weighted by atomic mass is 10.1. The van der Waals surface area contributed by atoms with Crippen LogP contribution in [0.1, 0.15) is 29.4 Å². The van der Waals surface area contributed by atoms with Crippen molar-refractivity contribution in [2.75, 3.05) is 0 Å². The second-order valence-electron chi connectivity index (χ2n) is 3.68. The summed E-state index contributed by atoms with van der Waals surface area (Å²) in [6, 6.07) is 7.27. The van der Waals surface area contributed by atoms with E-state index in [1.807, 2.05) is 19.1 Å². The molecule has 0 saturated carbocycles. The maximum Gasteiger partial charge on any atom is 0.212 e. The number of halogens is 1. The normalized spacial score (nSPS) is 10.5. The van der Waals surface area contributed by atoms with Crippen LogP contribution >= 0.6 is 15.9 Å².